The van der Waals surface area contributed by atoms with E-state index in [-0.39, 0.29) is 12.1 Å². The summed E-state index contributed by atoms with van der Waals surface area (Å²) in [6.45, 7) is 0.120. The predicted octanol–water partition coefficient (Wildman–Crippen LogP) is 1.70. The molecule has 90 valence electrons. The molecule has 0 bridgehead atoms. The summed E-state index contributed by atoms with van der Waals surface area (Å²) in [4.78, 5) is 5.22. The molecule has 1 aromatic rings. The molecule has 0 spiro atoms. The molecule has 0 fully saturated rings. The first-order chi connectivity index (χ1) is 7.32. The Balaban J connectivity index is 3.04. The topological polar surface area (TPSA) is 36.4 Å². The molecule has 16 heavy (non-hydrogen) atoms. The Morgan fingerprint density at radius 1 is 1.44 bits per heavy atom. The van der Waals surface area contributed by atoms with E-state index in [1.807, 2.05) is 0 Å². The van der Waals surface area contributed by atoms with E-state index in [0.717, 1.165) is 18.5 Å². The lowest BCUT2D eigenvalue weighted by Gasteiger charge is -2.19. The molecule has 1 rings (SSSR count). The molecule has 1 aromatic heterocycles. The van der Waals surface area contributed by atoms with Crippen molar-refractivity contribution in [2.24, 2.45) is 0 Å². The van der Waals surface area contributed by atoms with Crippen LogP contribution < -0.4 is 0 Å². The van der Waals surface area contributed by atoms with E-state index in [4.69, 9.17) is 0 Å². The number of rotatable bonds is 3. The van der Waals surface area contributed by atoms with Gasteiger partial charge in [0.2, 0.25) is 0 Å². The van der Waals surface area contributed by atoms with Gasteiger partial charge in [-0.05, 0) is 20.2 Å². The molecule has 0 radical (unpaired) electrons. The SMILES string of the molecule is CN(C)CC(O)c1cnccc1C(F)(F)F. The molecule has 6 heteroatoms. The zero-order chi connectivity index (χ0) is 12.3. The highest BCUT2D eigenvalue weighted by molar-refractivity contribution is 5.28. The standard InChI is InChI=1S/C10H13F3N2O/c1-15(2)6-9(16)7-5-14-4-3-8(7)10(11,12)13/h3-5,9,16H,6H2,1-2H3. The highest BCUT2D eigenvalue weighted by atomic mass is 19.4. The molecule has 0 saturated carbocycles. The minimum absolute atomic E-state index is 0.120. The fourth-order valence-corrected chi connectivity index (χ4v) is 1.37. The van der Waals surface area contributed by atoms with Gasteiger partial charge in [-0.2, -0.15) is 13.2 Å². The Kier molecular flexibility index (Phi) is 3.88. The summed E-state index contributed by atoms with van der Waals surface area (Å²) in [7, 11) is 3.35. The lowest BCUT2D eigenvalue weighted by atomic mass is 10.0. The fourth-order valence-electron chi connectivity index (χ4n) is 1.37. The number of aliphatic hydroxyl groups excluding tert-OH is 1. The number of hydrogen-bond acceptors (Lipinski definition) is 3. The van der Waals surface area contributed by atoms with Gasteiger partial charge in [0.15, 0.2) is 0 Å². The zero-order valence-corrected chi connectivity index (χ0v) is 8.99. The molecule has 1 heterocycles. The Labute approximate surface area is 91.5 Å². The first-order valence-corrected chi connectivity index (χ1v) is 4.66. The highest BCUT2D eigenvalue weighted by Gasteiger charge is 2.34. The van der Waals surface area contributed by atoms with Crippen LogP contribution >= 0.6 is 0 Å². The van der Waals surface area contributed by atoms with Crippen LogP contribution in [0.2, 0.25) is 0 Å². The molecule has 1 unspecified atom stereocenters. The van der Waals surface area contributed by atoms with Crippen molar-refractivity contribution in [3.63, 3.8) is 0 Å². The summed E-state index contributed by atoms with van der Waals surface area (Å²) in [5.74, 6) is 0. The van der Waals surface area contributed by atoms with Crippen molar-refractivity contribution in [3.8, 4) is 0 Å². The number of alkyl halides is 3. The number of hydrogen-bond donors (Lipinski definition) is 1. The smallest absolute Gasteiger partial charge is 0.387 e. The number of aromatic nitrogens is 1. The first kappa shape index (κ1) is 12.9. The molecule has 0 amide bonds. The van der Waals surface area contributed by atoms with Crippen molar-refractivity contribution in [1.29, 1.82) is 0 Å². The monoisotopic (exact) mass is 234 g/mol. The maximum atomic E-state index is 12.6. The molecule has 1 atom stereocenters. The van der Waals surface area contributed by atoms with Gasteiger partial charge in [-0.15, -0.1) is 0 Å². The van der Waals surface area contributed by atoms with E-state index in [0.29, 0.717) is 0 Å². The highest BCUT2D eigenvalue weighted by Crippen LogP contribution is 2.33. The van der Waals surface area contributed by atoms with Gasteiger partial charge in [-0.1, -0.05) is 0 Å². The van der Waals surface area contributed by atoms with Crippen LogP contribution in [0.4, 0.5) is 13.2 Å². The van der Waals surface area contributed by atoms with Gasteiger partial charge in [0.1, 0.15) is 0 Å². The van der Waals surface area contributed by atoms with E-state index in [1.165, 1.54) is 0 Å². The van der Waals surface area contributed by atoms with Gasteiger partial charge >= 0.3 is 6.18 Å². The third-order valence-electron chi connectivity index (χ3n) is 2.05. The summed E-state index contributed by atoms with van der Waals surface area (Å²) in [5, 5.41) is 9.65. The van der Waals surface area contributed by atoms with Crippen LogP contribution in [-0.4, -0.2) is 35.6 Å². The van der Waals surface area contributed by atoms with Crippen molar-refractivity contribution in [3.05, 3.63) is 29.6 Å². The summed E-state index contributed by atoms with van der Waals surface area (Å²) < 4.78 is 37.8. The number of halogens is 3. The Morgan fingerprint density at radius 2 is 2.06 bits per heavy atom. The van der Waals surface area contributed by atoms with Crippen LogP contribution in [0.3, 0.4) is 0 Å². The molecule has 0 saturated heterocycles. The van der Waals surface area contributed by atoms with E-state index in [9.17, 15) is 18.3 Å². The van der Waals surface area contributed by atoms with Crippen LogP contribution in [0.5, 0.6) is 0 Å². The number of aliphatic hydroxyl groups is 1. The second-order valence-corrected chi connectivity index (χ2v) is 3.74. The first-order valence-electron chi connectivity index (χ1n) is 4.66. The van der Waals surface area contributed by atoms with Gasteiger partial charge in [-0.25, -0.2) is 0 Å². The van der Waals surface area contributed by atoms with Crippen molar-refractivity contribution < 1.29 is 18.3 Å². The normalized spacial score (nSPS) is 14.2. The van der Waals surface area contributed by atoms with E-state index in [1.54, 1.807) is 19.0 Å². The third kappa shape index (κ3) is 3.18. The lowest BCUT2D eigenvalue weighted by molar-refractivity contribution is -0.139. The summed E-state index contributed by atoms with van der Waals surface area (Å²) >= 11 is 0. The molecule has 1 N–H and O–H groups in total. The van der Waals surface area contributed by atoms with Crippen LogP contribution in [0.25, 0.3) is 0 Å². The number of pyridine rings is 1. The van der Waals surface area contributed by atoms with Gasteiger partial charge < -0.3 is 10.0 Å². The Hall–Kier alpha value is -1.14. The van der Waals surface area contributed by atoms with Crippen LogP contribution in [0.1, 0.15) is 17.2 Å². The Bertz CT molecular complexity index is 352. The fraction of sp³-hybridized carbons (Fsp3) is 0.500. The maximum absolute atomic E-state index is 12.6. The molecular formula is C10H13F3N2O. The molecule has 0 aliphatic carbocycles. The van der Waals surface area contributed by atoms with Crippen LogP contribution in [0, 0.1) is 0 Å². The average molecular weight is 234 g/mol. The van der Waals surface area contributed by atoms with E-state index < -0.39 is 17.8 Å². The Morgan fingerprint density at radius 3 is 2.56 bits per heavy atom. The zero-order valence-electron chi connectivity index (χ0n) is 8.99. The largest absolute Gasteiger partial charge is 0.416 e. The minimum atomic E-state index is -4.47. The van der Waals surface area contributed by atoms with Crippen molar-refractivity contribution >= 4 is 0 Å². The maximum Gasteiger partial charge on any atom is 0.416 e. The number of nitrogens with zero attached hydrogens (tertiary/aromatic N) is 2. The quantitative estimate of drug-likeness (QED) is 0.864. The van der Waals surface area contributed by atoms with Gasteiger partial charge in [0.25, 0.3) is 0 Å². The molecular weight excluding hydrogens is 221 g/mol. The number of likely N-dealkylation sites (N-methyl/N-ethyl adjacent to an activating group) is 1. The van der Waals surface area contributed by atoms with E-state index in [2.05, 4.69) is 4.98 Å². The molecule has 3 nitrogen and oxygen atoms in total. The predicted molar refractivity (Wildman–Crippen MR) is 52.8 cm³/mol. The molecule has 0 aliphatic heterocycles. The minimum Gasteiger partial charge on any atom is -0.387 e. The second-order valence-electron chi connectivity index (χ2n) is 3.74. The third-order valence-corrected chi connectivity index (χ3v) is 2.05. The molecule has 0 aliphatic rings. The summed E-state index contributed by atoms with van der Waals surface area (Å²) in [5.41, 5.74) is -1.03. The summed E-state index contributed by atoms with van der Waals surface area (Å²) in [6, 6.07) is 0.869. The van der Waals surface area contributed by atoms with Gasteiger partial charge in [0, 0.05) is 24.5 Å². The van der Waals surface area contributed by atoms with Crippen molar-refractivity contribution in [1.82, 2.24) is 9.88 Å². The van der Waals surface area contributed by atoms with Crippen LogP contribution in [-0.2, 0) is 6.18 Å². The van der Waals surface area contributed by atoms with Crippen LogP contribution in [0.15, 0.2) is 18.5 Å². The van der Waals surface area contributed by atoms with Gasteiger partial charge in [0.05, 0.1) is 11.7 Å². The lowest BCUT2D eigenvalue weighted by Crippen LogP contribution is -2.22. The summed E-state index contributed by atoms with van der Waals surface area (Å²) in [6.07, 6.45) is -3.54. The van der Waals surface area contributed by atoms with Gasteiger partial charge in [-0.3, -0.25) is 4.98 Å². The van der Waals surface area contributed by atoms with E-state index >= 15 is 0 Å². The van der Waals surface area contributed by atoms with Crippen molar-refractivity contribution in [2.45, 2.75) is 12.3 Å². The van der Waals surface area contributed by atoms with Crippen molar-refractivity contribution in [2.75, 3.05) is 20.6 Å². The average Bonchev–Trinajstić information content (AvgIpc) is 2.15. The second kappa shape index (κ2) is 4.80. The molecule has 0 aromatic carbocycles.